The van der Waals surface area contributed by atoms with Gasteiger partial charge >= 0.3 is 17.9 Å². The van der Waals surface area contributed by atoms with Crippen LogP contribution < -0.4 is 10.2 Å². The molecule has 13 heteroatoms. The fraction of sp³-hybridized carbons (Fsp3) is 0.257. The Morgan fingerprint density at radius 1 is 0.875 bits per heavy atom. The lowest BCUT2D eigenvalue weighted by Gasteiger charge is -2.33. The lowest BCUT2D eigenvalue weighted by molar-refractivity contribution is -0.134. The lowest BCUT2D eigenvalue weighted by atomic mass is 9.89. The summed E-state index contributed by atoms with van der Waals surface area (Å²) in [6.45, 7) is 3.58. The summed E-state index contributed by atoms with van der Waals surface area (Å²) in [7, 11) is 1.30. The summed E-state index contributed by atoms with van der Waals surface area (Å²) < 4.78 is 18.2. The van der Waals surface area contributed by atoms with Crippen molar-refractivity contribution in [3.63, 3.8) is 0 Å². The van der Waals surface area contributed by atoms with Gasteiger partial charge in [0.15, 0.2) is 5.78 Å². The number of anilines is 2. The highest BCUT2D eigenvalue weighted by molar-refractivity contribution is 6.10. The van der Waals surface area contributed by atoms with Crippen molar-refractivity contribution >= 4 is 46.9 Å². The maximum Gasteiger partial charge on any atom is 0.339 e. The van der Waals surface area contributed by atoms with Crippen molar-refractivity contribution in [2.45, 2.75) is 19.8 Å². The number of piperidine rings is 1. The lowest BCUT2D eigenvalue weighted by Crippen LogP contribution is -2.43. The summed E-state index contributed by atoms with van der Waals surface area (Å²) in [5, 5.41) is 18.3. The number of hydrogen-bond donors (Lipinski definition) is 3. The number of carbonyl (C=O) groups excluding carboxylic acids is 4. The van der Waals surface area contributed by atoms with Gasteiger partial charge < -0.3 is 30.1 Å². The van der Waals surface area contributed by atoms with Gasteiger partial charge in [-0.1, -0.05) is 12.1 Å². The number of carboxylic acids is 2. The molecule has 2 amide bonds. The van der Waals surface area contributed by atoms with Crippen LogP contribution in [-0.2, 0) is 19.1 Å². The Labute approximate surface area is 276 Å². The summed E-state index contributed by atoms with van der Waals surface area (Å²) in [4.78, 5) is 73.4. The van der Waals surface area contributed by atoms with Crippen LogP contribution in [0.1, 0.15) is 50.8 Å². The van der Waals surface area contributed by atoms with Gasteiger partial charge in [-0.2, -0.15) is 0 Å². The number of nitrogens with one attached hydrogen (secondary N) is 1. The molecule has 0 radical (unpaired) electrons. The molecule has 0 unspecified atom stereocenters. The van der Waals surface area contributed by atoms with Crippen LogP contribution in [0.4, 0.5) is 15.8 Å². The molecular formula is C35H36FN3O9. The fourth-order valence-electron chi connectivity index (χ4n) is 5.03. The summed E-state index contributed by atoms with van der Waals surface area (Å²) in [5.74, 6) is -4.06. The quantitative estimate of drug-likeness (QED) is 0.151. The van der Waals surface area contributed by atoms with E-state index in [1.807, 2.05) is 0 Å². The third-order valence-corrected chi connectivity index (χ3v) is 7.39. The molecule has 12 nitrogen and oxygen atoms in total. The van der Waals surface area contributed by atoms with E-state index in [0.29, 0.717) is 73.7 Å². The standard InChI is InChI=1S/C31H32FN3O5.C4H4O4/c1-21(36)33-26-13-9-24(10-14-26)30(38)35(28-6-4-3-5-27(28)31(39)40-2)20-19-34-17-15-23(16-18-34)29(37)22-7-11-25(32)12-8-22;5-3(6)1-2-4(7)8/h3-14,23H,15-20H2,1-2H3,(H,33,36);1-2H,(H,5,6)(H,7,8)/b;2-1+. The van der Waals surface area contributed by atoms with E-state index >= 15 is 0 Å². The van der Waals surface area contributed by atoms with Gasteiger partial charge in [0.1, 0.15) is 5.82 Å². The number of ether oxygens (including phenoxy) is 1. The average molecular weight is 662 g/mol. The first-order chi connectivity index (χ1) is 22.9. The van der Waals surface area contributed by atoms with Crippen molar-refractivity contribution in [1.29, 1.82) is 0 Å². The molecule has 1 fully saturated rings. The topological polar surface area (TPSA) is 171 Å². The average Bonchev–Trinajstić information content (AvgIpc) is 3.08. The van der Waals surface area contributed by atoms with Crippen molar-refractivity contribution in [1.82, 2.24) is 4.90 Å². The number of halogens is 1. The number of benzene rings is 3. The molecule has 3 aromatic carbocycles. The number of para-hydroxylation sites is 1. The van der Waals surface area contributed by atoms with E-state index in [2.05, 4.69) is 10.2 Å². The minimum Gasteiger partial charge on any atom is -0.478 e. The van der Waals surface area contributed by atoms with E-state index in [1.165, 1.54) is 38.3 Å². The number of aliphatic carboxylic acids is 2. The van der Waals surface area contributed by atoms with Gasteiger partial charge in [-0.15, -0.1) is 0 Å². The van der Waals surface area contributed by atoms with Crippen LogP contribution in [0.3, 0.4) is 0 Å². The predicted molar refractivity (Wildman–Crippen MR) is 175 cm³/mol. The predicted octanol–water partition coefficient (Wildman–Crippen LogP) is 4.52. The number of esters is 1. The Morgan fingerprint density at radius 2 is 1.44 bits per heavy atom. The van der Waals surface area contributed by atoms with E-state index in [0.717, 1.165) is 0 Å². The third-order valence-electron chi connectivity index (χ3n) is 7.39. The highest BCUT2D eigenvalue weighted by Gasteiger charge is 2.28. The summed E-state index contributed by atoms with van der Waals surface area (Å²) >= 11 is 0. The van der Waals surface area contributed by atoms with Gasteiger partial charge in [-0.3, -0.25) is 14.4 Å². The number of ketones is 1. The maximum absolute atomic E-state index is 13.7. The number of carbonyl (C=O) groups is 6. The SMILES string of the molecule is COC(=O)c1ccccc1N(CCN1CCC(C(=O)c2ccc(F)cc2)CC1)C(=O)c1ccc(NC(C)=O)cc1.O=C(O)/C=C/C(=O)O. The second-order valence-corrected chi connectivity index (χ2v) is 10.7. The van der Waals surface area contributed by atoms with Crippen molar-refractivity contribution in [2.75, 3.05) is 43.5 Å². The van der Waals surface area contributed by atoms with E-state index in [4.69, 9.17) is 14.9 Å². The van der Waals surface area contributed by atoms with Gasteiger partial charge in [-0.05, 0) is 86.6 Å². The normalized spacial score (nSPS) is 13.1. The van der Waals surface area contributed by atoms with Crippen molar-refractivity contribution in [2.24, 2.45) is 5.92 Å². The first-order valence-corrected chi connectivity index (χ1v) is 14.9. The van der Waals surface area contributed by atoms with Crippen molar-refractivity contribution < 1.29 is 48.1 Å². The number of methoxy groups -OCH3 is 1. The summed E-state index contributed by atoms with van der Waals surface area (Å²) in [6, 6.07) is 19.0. The number of likely N-dealkylation sites (tertiary alicyclic amines) is 1. The molecular weight excluding hydrogens is 625 g/mol. The Morgan fingerprint density at radius 3 is 1.98 bits per heavy atom. The largest absolute Gasteiger partial charge is 0.478 e. The van der Waals surface area contributed by atoms with Gasteiger partial charge in [0.25, 0.3) is 5.91 Å². The molecule has 3 aromatic rings. The molecule has 0 spiro atoms. The smallest absolute Gasteiger partial charge is 0.339 e. The number of rotatable bonds is 11. The van der Waals surface area contributed by atoms with E-state index < -0.39 is 17.9 Å². The first-order valence-electron chi connectivity index (χ1n) is 14.9. The van der Waals surface area contributed by atoms with Crippen LogP contribution in [0.25, 0.3) is 0 Å². The van der Waals surface area contributed by atoms with Gasteiger partial charge in [-0.25, -0.2) is 18.8 Å². The van der Waals surface area contributed by atoms with Crippen LogP contribution in [-0.4, -0.2) is 83.9 Å². The molecule has 0 aliphatic carbocycles. The Kier molecular flexibility index (Phi) is 13.7. The molecule has 3 N–H and O–H groups in total. The number of amides is 2. The molecule has 0 saturated carbocycles. The molecule has 1 saturated heterocycles. The molecule has 0 bridgehead atoms. The molecule has 252 valence electrons. The Balaban J connectivity index is 0.000000694. The zero-order valence-corrected chi connectivity index (χ0v) is 26.4. The fourth-order valence-corrected chi connectivity index (χ4v) is 5.03. The number of carboxylic acid groups (broad SMARTS) is 2. The van der Waals surface area contributed by atoms with Crippen LogP contribution in [0.5, 0.6) is 0 Å². The summed E-state index contributed by atoms with van der Waals surface area (Å²) in [6.07, 6.45) is 2.44. The van der Waals surface area contributed by atoms with Crippen LogP contribution >= 0.6 is 0 Å². The molecule has 1 heterocycles. The zero-order chi connectivity index (χ0) is 35.2. The minimum atomic E-state index is -1.26. The highest BCUT2D eigenvalue weighted by atomic mass is 19.1. The molecule has 4 rings (SSSR count). The number of Topliss-reactive ketones (excluding diaryl/α,β-unsaturated/α-hetero) is 1. The molecule has 0 aromatic heterocycles. The molecule has 0 atom stereocenters. The van der Waals surface area contributed by atoms with Crippen LogP contribution in [0.2, 0.25) is 0 Å². The maximum atomic E-state index is 13.7. The second-order valence-electron chi connectivity index (χ2n) is 10.7. The molecule has 1 aliphatic rings. The Hall–Kier alpha value is -5.69. The van der Waals surface area contributed by atoms with E-state index in [-0.39, 0.29) is 34.9 Å². The van der Waals surface area contributed by atoms with Crippen LogP contribution in [0, 0.1) is 11.7 Å². The second kappa shape index (κ2) is 17.9. The number of nitrogens with zero attached hydrogens (tertiary/aromatic N) is 2. The molecule has 48 heavy (non-hydrogen) atoms. The van der Waals surface area contributed by atoms with Gasteiger partial charge in [0.2, 0.25) is 5.91 Å². The van der Waals surface area contributed by atoms with Gasteiger partial charge in [0, 0.05) is 54.9 Å². The first kappa shape index (κ1) is 36.8. The third kappa shape index (κ3) is 11.0. The van der Waals surface area contributed by atoms with Crippen molar-refractivity contribution in [3.05, 3.63) is 107 Å². The van der Waals surface area contributed by atoms with Crippen LogP contribution in [0.15, 0.2) is 84.9 Å². The highest BCUT2D eigenvalue weighted by Crippen LogP contribution is 2.26. The Bertz CT molecular complexity index is 1630. The van der Waals surface area contributed by atoms with Gasteiger partial charge in [0.05, 0.1) is 18.4 Å². The van der Waals surface area contributed by atoms with E-state index in [9.17, 15) is 33.2 Å². The summed E-state index contributed by atoms with van der Waals surface area (Å²) in [5.41, 5.74) is 2.20. The van der Waals surface area contributed by atoms with Crippen molar-refractivity contribution in [3.8, 4) is 0 Å². The minimum absolute atomic E-state index is 0.0196. The zero-order valence-electron chi connectivity index (χ0n) is 26.4. The van der Waals surface area contributed by atoms with E-state index in [1.54, 1.807) is 53.4 Å². The molecule has 1 aliphatic heterocycles. The monoisotopic (exact) mass is 661 g/mol. The number of hydrogen-bond acceptors (Lipinski definition) is 8.